The van der Waals surface area contributed by atoms with Gasteiger partial charge >= 0.3 is 0 Å². The minimum Gasteiger partial charge on any atom is -0.491 e. The second kappa shape index (κ2) is 7.48. The number of nitrogens with one attached hydrogen (secondary N) is 1. The molecule has 0 aliphatic rings. The van der Waals surface area contributed by atoms with Gasteiger partial charge in [-0.25, -0.2) is 0 Å². The summed E-state index contributed by atoms with van der Waals surface area (Å²) in [6, 6.07) is 16.4. The first-order valence-electron chi connectivity index (χ1n) is 7.29. The average Bonchev–Trinajstić information content (AvgIpc) is 2.46. The van der Waals surface area contributed by atoms with Crippen molar-refractivity contribution in [2.45, 2.75) is 39.5 Å². The van der Waals surface area contributed by atoms with Crippen molar-refractivity contribution in [2.24, 2.45) is 0 Å². The molecule has 0 radical (unpaired) electrons. The molecule has 0 aromatic heterocycles. The number of rotatable bonds is 6. The molecule has 0 aliphatic carbocycles. The Morgan fingerprint density at radius 3 is 2.43 bits per heavy atom. The lowest BCUT2D eigenvalue weighted by atomic mass is 10.1. The van der Waals surface area contributed by atoms with Crippen LogP contribution in [0.15, 0.2) is 48.5 Å². The maximum absolute atomic E-state index is 5.89. The first-order valence-corrected chi connectivity index (χ1v) is 7.67. The second-order valence-electron chi connectivity index (χ2n) is 5.47. The monoisotopic (exact) mass is 303 g/mol. The first-order chi connectivity index (χ1) is 10.0. The Bertz CT molecular complexity index is 566. The summed E-state index contributed by atoms with van der Waals surface area (Å²) >= 11 is 5.89. The Hall–Kier alpha value is -1.51. The van der Waals surface area contributed by atoms with Crippen molar-refractivity contribution in [3.8, 4) is 5.75 Å². The molecule has 1 atom stereocenters. The highest BCUT2D eigenvalue weighted by Crippen LogP contribution is 2.20. The van der Waals surface area contributed by atoms with Gasteiger partial charge in [0, 0.05) is 17.6 Å². The van der Waals surface area contributed by atoms with Gasteiger partial charge in [-0.15, -0.1) is 0 Å². The smallest absolute Gasteiger partial charge is 0.120 e. The molecule has 0 fully saturated rings. The van der Waals surface area contributed by atoms with Crippen molar-refractivity contribution in [2.75, 3.05) is 0 Å². The van der Waals surface area contributed by atoms with E-state index in [1.165, 1.54) is 11.1 Å². The zero-order valence-electron chi connectivity index (χ0n) is 12.8. The van der Waals surface area contributed by atoms with Crippen LogP contribution in [0.3, 0.4) is 0 Å². The summed E-state index contributed by atoms with van der Waals surface area (Å²) in [5.41, 5.74) is 2.45. The van der Waals surface area contributed by atoms with Crippen LogP contribution in [0.5, 0.6) is 5.75 Å². The van der Waals surface area contributed by atoms with Gasteiger partial charge in [0.2, 0.25) is 0 Å². The van der Waals surface area contributed by atoms with Crippen molar-refractivity contribution < 1.29 is 4.74 Å². The largest absolute Gasteiger partial charge is 0.491 e. The van der Waals surface area contributed by atoms with E-state index in [1.807, 2.05) is 50.2 Å². The van der Waals surface area contributed by atoms with Crippen molar-refractivity contribution >= 4 is 11.6 Å². The van der Waals surface area contributed by atoms with Crippen LogP contribution in [0, 0.1) is 0 Å². The lowest BCUT2D eigenvalue weighted by molar-refractivity contribution is 0.242. The third kappa shape index (κ3) is 5.07. The summed E-state index contributed by atoms with van der Waals surface area (Å²) in [4.78, 5) is 0. The Morgan fingerprint density at radius 1 is 1.05 bits per heavy atom. The quantitative estimate of drug-likeness (QED) is 0.813. The topological polar surface area (TPSA) is 21.3 Å². The number of hydrogen-bond acceptors (Lipinski definition) is 2. The number of halogens is 1. The molecule has 0 spiro atoms. The van der Waals surface area contributed by atoms with Crippen molar-refractivity contribution in [1.29, 1.82) is 0 Å². The van der Waals surface area contributed by atoms with Crippen molar-refractivity contribution in [3.05, 3.63) is 64.7 Å². The fraction of sp³-hybridized carbons (Fsp3) is 0.333. The fourth-order valence-corrected chi connectivity index (χ4v) is 2.25. The Morgan fingerprint density at radius 2 is 1.76 bits per heavy atom. The second-order valence-corrected chi connectivity index (χ2v) is 5.90. The highest BCUT2D eigenvalue weighted by Gasteiger charge is 2.07. The summed E-state index contributed by atoms with van der Waals surface area (Å²) < 4.78 is 5.74. The van der Waals surface area contributed by atoms with E-state index in [0.29, 0.717) is 0 Å². The molecule has 112 valence electrons. The summed E-state index contributed by atoms with van der Waals surface area (Å²) in [6.45, 7) is 7.04. The number of hydrogen-bond donors (Lipinski definition) is 1. The van der Waals surface area contributed by atoms with E-state index in [1.54, 1.807) is 0 Å². The molecule has 2 aromatic rings. The molecular formula is C18H22ClNO. The van der Waals surface area contributed by atoms with Crippen LogP contribution in [0.2, 0.25) is 5.02 Å². The van der Waals surface area contributed by atoms with E-state index in [9.17, 15) is 0 Å². The fourth-order valence-electron chi connectivity index (χ4n) is 2.12. The van der Waals surface area contributed by atoms with Gasteiger partial charge in [0.25, 0.3) is 0 Å². The van der Waals surface area contributed by atoms with E-state index in [0.717, 1.165) is 17.3 Å². The van der Waals surface area contributed by atoms with Gasteiger partial charge < -0.3 is 10.1 Å². The molecule has 2 nitrogen and oxygen atoms in total. The molecule has 0 amide bonds. The Kier molecular flexibility index (Phi) is 5.66. The summed E-state index contributed by atoms with van der Waals surface area (Å²) in [7, 11) is 0. The molecule has 0 saturated carbocycles. The Balaban J connectivity index is 1.96. The number of ether oxygens (including phenoxy) is 1. The summed E-state index contributed by atoms with van der Waals surface area (Å²) in [6.07, 6.45) is 0.192. The highest BCUT2D eigenvalue weighted by atomic mass is 35.5. The van der Waals surface area contributed by atoms with E-state index < -0.39 is 0 Å². The van der Waals surface area contributed by atoms with Crippen LogP contribution in [0.25, 0.3) is 0 Å². The molecule has 2 aromatic carbocycles. The molecule has 3 heteroatoms. The zero-order valence-corrected chi connectivity index (χ0v) is 13.5. The van der Waals surface area contributed by atoms with Gasteiger partial charge in [-0.05, 0) is 56.2 Å². The van der Waals surface area contributed by atoms with Gasteiger partial charge in [0.05, 0.1) is 6.10 Å². The van der Waals surface area contributed by atoms with Crippen LogP contribution in [-0.2, 0) is 6.54 Å². The average molecular weight is 304 g/mol. The third-order valence-electron chi connectivity index (χ3n) is 3.26. The predicted octanol–water partition coefficient (Wildman–Crippen LogP) is 4.98. The van der Waals surface area contributed by atoms with Gasteiger partial charge in [-0.2, -0.15) is 0 Å². The zero-order chi connectivity index (χ0) is 15.2. The van der Waals surface area contributed by atoms with Crippen LogP contribution in [0.1, 0.15) is 37.9 Å². The maximum Gasteiger partial charge on any atom is 0.120 e. The van der Waals surface area contributed by atoms with Crippen LogP contribution >= 0.6 is 11.6 Å². The predicted molar refractivity (Wildman–Crippen MR) is 88.9 cm³/mol. The molecule has 0 aliphatic heterocycles. The molecule has 0 bridgehead atoms. The molecule has 1 unspecified atom stereocenters. The van der Waals surface area contributed by atoms with Gasteiger partial charge in [-0.1, -0.05) is 35.9 Å². The van der Waals surface area contributed by atoms with E-state index in [4.69, 9.17) is 16.3 Å². The molecule has 21 heavy (non-hydrogen) atoms. The van der Waals surface area contributed by atoms with Gasteiger partial charge in [0.1, 0.15) is 5.75 Å². The van der Waals surface area contributed by atoms with E-state index >= 15 is 0 Å². The Labute approximate surface area is 132 Å². The minimum absolute atomic E-state index is 0.192. The molecular weight excluding hydrogens is 282 g/mol. The van der Waals surface area contributed by atoms with Gasteiger partial charge in [-0.3, -0.25) is 0 Å². The van der Waals surface area contributed by atoms with Gasteiger partial charge in [0.15, 0.2) is 0 Å². The first kappa shape index (κ1) is 15.9. The molecule has 0 saturated heterocycles. The third-order valence-corrected chi connectivity index (χ3v) is 3.51. The van der Waals surface area contributed by atoms with Crippen molar-refractivity contribution in [1.82, 2.24) is 5.32 Å². The van der Waals surface area contributed by atoms with E-state index in [-0.39, 0.29) is 12.1 Å². The lowest BCUT2D eigenvalue weighted by Gasteiger charge is -2.16. The number of benzene rings is 2. The van der Waals surface area contributed by atoms with E-state index in [2.05, 4.69) is 24.4 Å². The lowest BCUT2D eigenvalue weighted by Crippen LogP contribution is -2.18. The van der Waals surface area contributed by atoms with Crippen LogP contribution in [-0.4, -0.2) is 6.10 Å². The minimum atomic E-state index is 0.192. The van der Waals surface area contributed by atoms with Crippen LogP contribution in [0.4, 0.5) is 0 Å². The van der Waals surface area contributed by atoms with Crippen LogP contribution < -0.4 is 10.1 Å². The van der Waals surface area contributed by atoms with Crippen molar-refractivity contribution in [3.63, 3.8) is 0 Å². The molecule has 1 N–H and O–H groups in total. The summed E-state index contributed by atoms with van der Waals surface area (Å²) in [5.74, 6) is 0.919. The maximum atomic E-state index is 5.89. The SMILES string of the molecule is CC(C)Oc1cccc(C(C)NCc2ccc(Cl)cc2)c1. The normalized spacial score (nSPS) is 12.4. The standard InChI is InChI=1S/C18H22ClNO/c1-13(2)21-18-6-4-5-16(11-18)14(3)20-12-15-7-9-17(19)10-8-15/h4-11,13-14,20H,12H2,1-3H3. The highest BCUT2D eigenvalue weighted by molar-refractivity contribution is 6.30. The molecule has 2 rings (SSSR count). The molecule has 0 heterocycles. The summed E-state index contributed by atoms with van der Waals surface area (Å²) in [5, 5.41) is 4.29.